The predicted molar refractivity (Wildman–Crippen MR) is 123 cm³/mol. The van der Waals surface area contributed by atoms with Crippen molar-refractivity contribution in [3.8, 4) is 0 Å². The molecule has 16 heteroatoms. The van der Waals surface area contributed by atoms with E-state index in [1.165, 1.54) is 23.8 Å². The molecule has 2 amide bonds. The highest BCUT2D eigenvalue weighted by molar-refractivity contribution is 8.00. The maximum absolute atomic E-state index is 13.0. The molecule has 5 heterocycles. The molecule has 2 aliphatic heterocycles. The molecule has 2 aliphatic rings. The number of carbonyl (C=O) groups excluding carboxylic acids is 2. The molecule has 0 saturated carbocycles. The third kappa shape index (κ3) is 3.95. The Morgan fingerprint density at radius 2 is 2.29 bits per heavy atom. The number of fused-ring (bicyclic) bond motifs is 2. The second kappa shape index (κ2) is 8.95. The summed E-state index contributed by atoms with van der Waals surface area (Å²) < 4.78 is 7.48. The van der Waals surface area contributed by atoms with E-state index in [1.54, 1.807) is 29.2 Å². The molecule has 0 radical (unpaired) electrons. The van der Waals surface area contributed by atoms with E-state index in [0.717, 1.165) is 17.2 Å². The quantitative estimate of drug-likeness (QED) is 0.150. The zero-order chi connectivity index (χ0) is 24.7. The van der Waals surface area contributed by atoms with Gasteiger partial charge in [-0.1, -0.05) is 10.3 Å². The molecule has 5 rings (SSSR count). The molecule has 14 nitrogen and oxygen atoms in total. The Morgan fingerprint density at radius 3 is 3.00 bits per heavy atom. The number of hydrogen-bond acceptors (Lipinski definition) is 11. The van der Waals surface area contributed by atoms with Gasteiger partial charge >= 0.3 is 11.6 Å². The molecule has 3 aromatic heterocycles. The number of carboxylic acids is 1. The average Bonchev–Trinajstić information content (AvgIpc) is 3.46. The molecule has 1 fully saturated rings. The number of hydrogen-bond donors (Lipinski definition) is 3. The average molecular weight is 517 g/mol. The van der Waals surface area contributed by atoms with Crippen LogP contribution in [0, 0.1) is 0 Å². The second-order valence-corrected chi connectivity index (χ2v) is 9.34. The van der Waals surface area contributed by atoms with Crippen LogP contribution in [0.25, 0.3) is 5.65 Å². The number of imidazole rings is 1. The van der Waals surface area contributed by atoms with Gasteiger partial charge in [0.1, 0.15) is 37.0 Å². The molecule has 180 valence electrons. The normalized spacial score (nSPS) is 20.0. The van der Waals surface area contributed by atoms with E-state index >= 15 is 0 Å². The number of β-lactam (4-membered cyclic amide) rings is 1. The summed E-state index contributed by atoms with van der Waals surface area (Å²) in [6, 6.07) is 2.69. The number of anilines is 1. The van der Waals surface area contributed by atoms with Gasteiger partial charge in [0.15, 0.2) is 11.3 Å². The van der Waals surface area contributed by atoms with Crippen LogP contribution in [0.2, 0.25) is 0 Å². The van der Waals surface area contributed by atoms with Crippen LogP contribution in [-0.2, 0) is 25.8 Å². The monoisotopic (exact) mass is 516 g/mol. The molecule has 0 spiro atoms. The standard InChI is InChI=1S/C19H17N9O5S2/c1-33-24-11(14-23-19(20)35-25-14)15(29)22-12-16(30)28-13(18(31)32)9(8-34-17(12)28)7-26-5-6-27-10(26)3-2-4-21-27/h2-6,12,17H,7-8H2,1H3,(H3-,20,22,23,25,29,31,32)/p+1/t12?,17-/m1/s1. The number of aromatic nitrogens is 5. The third-order valence-corrected chi connectivity index (χ3v) is 7.27. The maximum Gasteiger partial charge on any atom is 0.352 e. The topological polar surface area (TPSA) is 181 Å². The number of oxime groups is 1. The fourth-order valence-corrected chi connectivity index (χ4v) is 5.67. The Balaban J connectivity index is 1.37. The Bertz CT molecular complexity index is 1410. The van der Waals surface area contributed by atoms with Gasteiger partial charge in [0.2, 0.25) is 11.5 Å². The lowest BCUT2D eigenvalue weighted by Gasteiger charge is -2.49. The Hall–Kier alpha value is -4.05. The summed E-state index contributed by atoms with van der Waals surface area (Å²) in [6.07, 6.45) is 5.21. The molecule has 2 atom stereocenters. The van der Waals surface area contributed by atoms with E-state index < -0.39 is 29.2 Å². The van der Waals surface area contributed by atoms with Crippen molar-refractivity contribution in [1.29, 1.82) is 0 Å². The Morgan fingerprint density at radius 1 is 1.46 bits per heavy atom. The number of carbonyl (C=O) groups is 3. The van der Waals surface area contributed by atoms with Crippen molar-refractivity contribution >= 4 is 57.6 Å². The fraction of sp³-hybridized carbons (Fsp3) is 0.263. The minimum absolute atomic E-state index is 0.0357. The summed E-state index contributed by atoms with van der Waals surface area (Å²) in [5.74, 6) is -2.17. The molecule has 0 bridgehead atoms. The van der Waals surface area contributed by atoms with Crippen molar-refractivity contribution in [2.45, 2.75) is 18.0 Å². The zero-order valence-corrected chi connectivity index (χ0v) is 19.7. The van der Waals surface area contributed by atoms with E-state index in [-0.39, 0.29) is 28.9 Å². The summed E-state index contributed by atoms with van der Waals surface area (Å²) >= 11 is 2.24. The molecule has 1 saturated heterocycles. The highest BCUT2D eigenvalue weighted by Gasteiger charge is 2.54. The van der Waals surface area contributed by atoms with Crippen LogP contribution < -0.4 is 15.6 Å². The van der Waals surface area contributed by atoms with Gasteiger partial charge in [-0.2, -0.15) is 9.36 Å². The number of amides is 2. The van der Waals surface area contributed by atoms with Crippen LogP contribution in [0.15, 0.2) is 47.1 Å². The van der Waals surface area contributed by atoms with Crippen LogP contribution in [0.3, 0.4) is 0 Å². The summed E-state index contributed by atoms with van der Waals surface area (Å²) in [6.45, 7) is 0.270. The molecule has 3 aromatic rings. The van der Waals surface area contributed by atoms with Crippen molar-refractivity contribution in [2.75, 3.05) is 18.6 Å². The van der Waals surface area contributed by atoms with Gasteiger partial charge in [-0.05, 0) is 6.07 Å². The van der Waals surface area contributed by atoms with Crippen LogP contribution >= 0.6 is 23.3 Å². The zero-order valence-electron chi connectivity index (χ0n) is 18.1. The first-order chi connectivity index (χ1) is 16.9. The van der Waals surface area contributed by atoms with Crippen LogP contribution in [0.4, 0.5) is 5.13 Å². The lowest BCUT2D eigenvalue weighted by atomic mass is 10.0. The first-order valence-electron chi connectivity index (χ1n) is 10.1. The van der Waals surface area contributed by atoms with Crippen molar-refractivity contribution in [3.05, 3.63) is 47.8 Å². The third-order valence-electron chi connectivity index (χ3n) is 5.39. The molecular weight excluding hydrogens is 498 g/mol. The van der Waals surface area contributed by atoms with Crippen LogP contribution in [0.5, 0.6) is 0 Å². The van der Waals surface area contributed by atoms with Crippen molar-refractivity contribution in [1.82, 2.24) is 29.2 Å². The van der Waals surface area contributed by atoms with E-state index in [1.807, 2.05) is 10.6 Å². The summed E-state index contributed by atoms with van der Waals surface area (Å²) in [5.41, 5.74) is 6.60. The van der Waals surface area contributed by atoms with Gasteiger partial charge in [0.05, 0.1) is 6.20 Å². The smallest absolute Gasteiger partial charge is 0.352 e. The van der Waals surface area contributed by atoms with Crippen molar-refractivity contribution in [2.24, 2.45) is 5.16 Å². The predicted octanol–water partition coefficient (Wildman–Crippen LogP) is -1.16. The summed E-state index contributed by atoms with van der Waals surface area (Å²) in [4.78, 5) is 47.8. The SMILES string of the molecule is CON=C(C(=O)NC1C(=O)N2C(C(=O)O)=C(C[n+]3ccn4ncccc43)CS[C@H]12)c1nsc(N)n1. The fourth-order valence-electron chi connectivity index (χ4n) is 3.90. The summed E-state index contributed by atoms with van der Waals surface area (Å²) in [5, 5.41) is 19.9. The van der Waals surface area contributed by atoms with Crippen molar-refractivity contribution in [3.63, 3.8) is 0 Å². The van der Waals surface area contributed by atoms with Gasteiger partial charge in [0, 0.05) is 28.9 Å². The second-order valence-electron chi connectivity index (χ2n) is 7.45. The van der Waals surface area contributed by atoms with Crippen LogP contribution in [0.1, 0.15) is 5.82 Å². The number of nitrogens with two attached hydrogens (primary N) is 1. The number of aliphatic carboxylic acids is 1. The Kier molecular flexibility index (Phi) is 5.81. The maximum atomic E-state index is 13.0. The Labute approximate surface area is 205 Å². The number of carboxylic acid groups (broad SMARTS) is 1. The number of nitrogen functional groups attached to an aromatic ring is 1. The molecule has 35 heavy (non-hydrogen) atoms. The molecule has 0 aromatic carbocycles. The molecule has 1 unspecified atom stereocenters. The van der Waals surface area contributed by atoms with E-state index in [0.29, 0.717) is 11.3 Å². The lowest BCUT2D eigenvalue weighted by molar-refractivity contribution is -0.662. The minimum atomic E-state index is -1.21. The minimum Gasteiger partial charge on any atom is -0.477 e. The molecule has 0 aliphatic carbocycles. The van der Waals surface area contributed by atoms with Gasteiger partial charge in [-0.15, -0.1) is 16.3 Å². The van der Waals surface area contributed by atoms with Gasteiger partial charge in [-0.3, -0.25) is 14.5 Å². The van der Waals surface area contributed by atoms with E-state index in [2.05, 4.69) is 24.9 Å². The number of thioether (sulfide) groups is 1. The number of rotatable bonds is 7. The van der Waals surface area contributed by atoms with Crippen molar-refractivity contribution < 1.29 is 28.9 Å². The largest absolute Gasteiger partial charge is 0.477 e. The first-order valence-corrected chi connectivity index (χ1v) is 11.9. The molecule has 4 N–H and O–H groups in total. The number of nitrogens with zero attached hydrogens (tertiary/aromatic N) is 7. The van der Waals surface area contributed by atoms with Gasteiger partial charge in [-0.25, -0.2) is 9.36 Å². The highest BCUT2D eigenvalue weighted by atomic mass is 32.2. The summed E-state index contributed by atoms with van der Waals surface area (Å²) in [7, 11) is 1.25. The van der Waals surface area contributed by atoms with Gasteiger partial charge in [0.25, 0.3) is 11.8 Å². The van der Waals surface area contributed by atoms with E-state index in [9.17, 15) is 19.5 Å². The molecular formula is C19H18N9O5S2+. The number of nitrogens with one attached hydrogen (secondary N) is 1. The first kappa shape index (κ1) is 22.7. The van der Waals surface area contributed by atoms with Crippen LogP contribution in [-0.4, -0.2) is 76.8 Å². The van der Waals surface area contributed by atoms with E-state index in [4.69, 9.17) is 10.6 Å². The van der Waals surface area contributed by atoms with Gasteiger partial charge < -0.3 is 21.0 Å². The highest BCUT2D eigenvalue weighted by Crippen LogP contribution is 2.40. The lowest BCUT2D eigenvalue weighted by Crippen LogP contribution is -2.71.